The molecule has 0 aliphatic heterocycles. The van der Waals surface area contributed by atoms with Gasteiger partial charge in [-0.3, -0.25) is 4.79 Å². The summed E-state index contributed by atoms with van der Waals surface area (Å²) in [5, 5.41) is 0. The minimum atomic E-state index is 0.200. The molecule has 0 N–H and O–H groups in total. The average Bonchev–Trinajstić information content (AvgIpc) is 1.94. The van der Waals surface area contributed by atoms with Crippen molar-refractivity contribution in [2.45, 2.75) is 38.7 Å². The molecule has 2 nitrogen and oxygen atoms in total. The van der Waals surface area contributed by atoms with Gasteiger partial charge in [0.1, 0.15) is 6.10 Å². The molecule has 0 aromatic carbocycles. The molecule has 0 radical (unpaired) electrons. The maximum Gasteiger partial charge on any atom is 0.293 e. The third kappa shape index (κ3) is 1.72. The summed E-state index contributed by atoms with van der Waals surface area (Å²) in [5.74, 6) is 0.568. The quantitative estimate of drug-likeness (QED) is 0.549. The number of hydrogen-bond acceptors (Lipinski definition) is 2. The Kier molecular flexibility index (Phi) is 2.72. The van der Waals surface area contributed by atoms with E-state index in [9.17, 15) is 4.79 Å². The van der Waals surface area contributed by atoms with Gasteiger partial charge >= 0.3 is 0 Å². The summed E-state index contributed by atoms with van der Waals surface area (Å²) in [6, 6.07) is 0. The van der Waals surface area contributed by atoms with Crippen molar-refractivity contribution in [3.63, 3.8) is 0 Å². The number of ether oxygens (including phenoxy) is 1. The zero-order chi connectivity index (χ0) is 7.40. The van der Waals surface area contributed by atoms with Crippen molar-refractivity contribution in [3.8, 4) is 0 Å². The van der Waals surface area contributed by atoms with Gasteiger partial charge in [0.05, 0.1) is 0 Å². The molecule has 1 rings (SSSR count). The van der Waals surface area contributed by atoms with Gasteiger partial charge in [-0.2, -0.15) is 0 Å². The Morgan fingerprint density at radius 2 is 2.10 bits per heavy atom. The van der Waals surface area contributed by atoms with Gasteiger partial charge < -0.3 is 4.74 Å². The Balaban J connectivity index is 2.32. The largest absolute Gasteiger partial charge is 0.464 e. The Hall–Kier alpha value is -0.530. The highest BCUT2D eigenvalue weighted by Crippen LogP contribution is 2.25. The fraction of sp³-hybridized carbons (Fsp3) is 0.875. The van der Waals surface area contributed by atoms with Crippen LogP contribution in [0.5, 0.6) is 0 Å². The predicted molar refractivity (Wildman–Crippen MR) is 38.6 cm³/mol. The molecule has 1 aliphatic carbocycles. The summed E-state index contributed by atoms with van der Waals surface area (Å²) in [7, 11) is 0. The van der Waals surface area contributed by atoms with Gasteiger partial charge in [0.2, 0.25) is 0 Å². The van der Waals surface area contributed by atoms with Gasteiger partial charge in [0.25, 0.3) is 6.47 Å². The highest BCUT2D eigenvalue weighted by molar-refractivity contribution is 5.37. The van der Waals surface area contributed by atoms with Crippen molar-refractivity contribution in [1.82, 2.24) is 0 Å². The van der Waals surface area contributed by atoms with E-state index in [1.165, 1.54) is 19.3 Å². The van der Waals surface area contributed by atoms with Crippen molar-refractivity contribution in [1.29, 1.82) is 0 Å². The van der Waals surface area contributed by atoms with Crippen LogP contribution in [-0.2, 0) is 9.53 Å². The van der Waals surface area contributed by atoms with Crippen molar-refractivity contribution in [2.75, 3.05) is 0 Å². The van der Waals surface area contributed by atoms with E-state index in [0.29, 0.717) is 12.4 Å². The number of hydrogen-bond donors (Lipinski definition) is 0. The molecular weight excluding hydrogens is 128 g/mol. The maximum absolute atomic E-state index is 10.00. The van der Waals surface area contributed by atoms with Crippen molar-refractivity contribution in [3.05, 3.63) is 0 Å². The lowest BCUT2D eigenvalue weighted by Crippen LogP contribution is -2.24. The number of carbonyl (C=O) groups excluding carboxylic acids is 1. The zero-order valence-corrected chi connectivity index (χ0v) is 6.38. The van der Waals surface area contributed by atoms with Crippen LogP contribution in [0.1, 0.15) is 32.6 Å². The molecule has 0 amide bonds. The van der Waals surface area contributed by atoms with Crippen LogP contribution in [0.15, 0.2) is 0 Å². The van der Waals surface area contributed by atoms with Crippen LogP contribution in [-0.4, -0.2) is 12.6 Å². The van der Waals surface area contributed by atoms with Gasteiger partial charge in [-0.15, -0.1) is 0 Å². The van der Waals surface area contributed by atoms with Gasteiger partial charge in [0.15, 0.2) is 0 Å². The van der Waals surface area contributed by atoms with Crippen LogP contribution in [0.4, 0.5) is 0 Å². The minimum absolute atomic E-state index is 0.200. The standard InChI is InChI=1S/C8H14O2/c1-7-4-2-3-5-8(7)10-6-9/h6-8H,2-5H2,1H3/t7-,8+/m1/s1. The Labute approximate surface area is 61.6 Å². The van der Waals surface area contributed by atoms with E-state index in [4.69, 9.17) is 4.74 Å². The molecule has 0 saturated heterocycles. The van der Waals surface area contributed by atoms with E-state index < -0.39 is 0 Å². The Bertz CT molecular complexity index is 112. The smallest absolute Gasteiger partial charge is 0.293 e. The highest BCUT2D eigenvalue weighted by Gasteiger charge is 2.21. The van der Waals surface area contributed by atoms with Crippen LogP contribution >= 0.6 is 0 Å². The molecular formula is C8H14O2. The topological polar surface area (TPSA) is 26.3 Å². The summed E-state index contributed by atoms with van der Waals surface area (Å²) < 4.78 is 4.91. The fourth-order valence-corrected chi connectivity index (χ4v) is 1.56. The van der Waals surface area contributed by atoms with E-state index in [2.05, 4.69) is 6.92 Å². The lowest BCUT2D eigenvalue weighted by Gasteiger charge is -2.26. The molecule has 0 unspecified atom stereocenters. The third-order valence-electron chi connectivity index (χ3n) is 2.26. The molecule has 2 heteroatoms. The van der Waals surface area contributed by atoms with Crippen molar-refractivity contribution >= 4 is 6.47 Å². The molecule has 0 aromatic rings. The molecule has 2 atom stereocenters. The van der Waals surface area contributed by atoms with Crippen LogP contribution < -0.4 is 0 Å². The second-order valence-corrected chi connectivity index (χ2v) is 3.03. The summed E-state index contributed by atoms with van der Waals surface area (Å²) in [4.78, 5) is 10.00. The van der Waals surface area contributed by atoms with Gasteiger partial charge in [0, 0.05) is 0 Å². The molecule has 1 fully saturated rings. The monoisotopic (exact) mass is 142 g/mol. The predicted octanol–water partition coefficient (Wildman–Crippen LogP) is 1.74. The lowest BCUT2D eigenvalue weighted by molar-refractivity contribution is -0.137. The highest BCUT2D eigenvalue weighted by atomic mass is 16.5. The third-order valence-corrected chi connectivity index (χ3v) is 2.26. The van der Waals surface area contributed by atoms with E-state index in [1.54, 1.807) is 0 Å². The molecule has 0 heterocycles. The van der Waals surface area contributed by atoms with Gasteiger partial charge in [-0.25, -0.2) is 0 Å². The Morgan fingerprint density at radius 1 is 1.40 bits per heavy atom. The average molecular weight is 142 g/mol. The molecule has 10 heavy (non-hydrogen) atoms. The first kappa shape index (κ1) is 7.58. The van der Waals surface area contributed by atoms with Crippen LogP contribution in [0.3, 0.4) is 0 Å². The second-order valence-electron chi connectivity index (χ2n) is 3.03. The first-order chi connectivity index (χ1) is 4.84. The second kappa shape index (κ2) is 3.59. The van der Waals surface area contributed by atoms with Crippen LogP contribution in [0, 0.1) is 5.92 Å². The molecule has 0 spiro atoms. The van der Waals surface area contributed by atoms with Crippen LogP contribution in [0.2, 0.25) is 0 Å². The lowest BCUT2D eigenvalue weighted by atomic mass is 9.88. The molecule has 58 valence electrons. The van der Waals surface area contributed by atoms with Crippen molar-refractivity contribution in [2.24, 2.45) is 5.92 Å². The number of rotatable bonds is 2. The van der Waals surface area contributed by atoms with E-state index in [0.717, 1.165) is 6.42 Å². The van der Waals surface area contributed by atoms with Crippen molar-refractivity contribution < 1.29 is 9.53 Å². The summed E-state index contributed by atoms with van der Waals surface area (Å²) in [6.45, 7) is 2.72. The Morgan fingerprint density at radius 3 is 2.70 bits per heavy atom. The summed E-state index contributed by atoms with van der Waals surface area (Å²) >= 11 is 0. The van der Waals surface area contributed by atoms with E-state index >= 15 is 0 Å². The summed E-state index contributed by atoms with van der Waals surface area (Å²) in [6.07, 6.45) is 4.97. The SMILES string of the molecule is C[C@@H]1CCCC[C@@H]1OC=O. The van der Waals surface area contributed by atoms with Gasteiger partial charge in [-0.1, -0.05) is 13.3 Å². The van der Waals surface area contributed by atoms with E-state index in [1.807, 2.05) is 0 Å². The zero-order valence-electron chi connectivity index (χ0n) is 6.38. The maximum atomic E-state index is 10.00. The summed E-state index contributed by atoms with van der Waals surface area (Å²) in [5.41, 5.74) is 0. The molecule has 0 bridgehead atoms. The fourth-order valence-electron chi connectivity index (χ4n) is 1.56. The minimum Gasteiger partial charge on any atom is -0.464 e. The van der Waals surface area contributed by atoms with E-state index in [-0.39, 0.29) is 6.10 Å². The first-order valence-corrected chi connectivity index (χ1v) is 3.93. The normalized spacial score (nSPS) is 33.3. The first-order valence-electron chi connectivity index (χ1n) is 3.93. The number of carbonyl (C=O) groups is 1. The van der Waals surface area contributed by atoms with Crippen LogP contribution in [0.25, 0.3) is 0 Å². The van der Waals surface area contributed by atoms with Gasteiger partial charge in [-0.05, 0) is 25.2 Å². The molecule has 1 aliphatic rings. The molecule has 1 saturated carbocycles. The molecule has 0 aromatic heterocycles.